The second-order valence-corrected chi connectivity index (χ2v) is 8.03. The van der Waals surface area contributed by atoms with Gasteiger partial charge in [-0.25, -0.2) is 19.5 Å². The second kappa shape index (κ2) is 10.9. The lowest BCUT2D eigenvalue weighted by atomic mass is 10.1. The topological polar surface area (TPSA) is 115 Å². The van der Waals surface area contributed by atoms with Crippen molar-refractivity contribution in [3.63, 3.8) is 0 Å². The van der Waals surface area contributed by atoms with Crippen LogP contribution in [0.3, 0.4) is 0 Å². The van der Waals surface area contributed by atoms with Crippen molar-refractivity contribution in [1.29, 1.82) is 0 Å². The number of halogens is 3. The van der Waals surface area contributed by atoms with Crippen LogP contribution in [0.4, 0.5) is 4.39 Å². The van der Waals surface area contributed by atoms with Gasteiger partial charge >= 0.3 is 0 Å². The Hall–Kier alpha value is -3.70. The van der Waals surface area contributed by atoms with Crippen molar-refractivity contribution < 1.29 is 19.1 Å². The lowest BCUT2D eigenvalue weighted by molar-refractivity contribution is 0.0168. The molecule has 0 aliphatic carbocycles. The van der Waals surface area contributed by atoms with Gasteiger partial charge in [0.2, 0.25) is 0 Å². The van der Waals surface area contributed by atoms with Crippen molar-refractivity contribution in [2.45, 2.75) is 6.54 Å². The predicted molar refractivity (Wildman–Crippen MR) is 134 cm³/mol. The van der Waals surface area contributed by atoms with Gasteiger partial charge in [-0.1, -0.05) is 28.9 Å². The van der Waals surface area contributed by atoms with Gasteiger partial charge < -0.3 is 5.11 Å². The molecule has 1 amide bonds. The highest BCUT2D eigenvalue weighted by Crippen LogP contribution is 2.26. The van der Waals surface area contributed by atoms with Crippen LogP contribution in [0.15, 0.2) is 60.8 Å². The van der Waals surface area contributed by atoms with Crippen molar-refractivity contribution in [3.8, 4) is 11.3 Å². The lowest BCUT2D eigenvalue weighted by Gasteiger charge is -2.09. The minimum Gasteiger partial charge on any atom is -0.394 e. The minimum absolute atomic E-state index is 0. The summed E-state index contributed by atoms with van der Waals surface area (Å²) in [5.74, 6) is -0.923. The molecule has 5 aromatic rings. The first kappa shape index (κ1) is 25.4. The van der Waals surface area contributed by atoms with Gasteiger partial charge in [0, 0.05) is 28.8 Å². The zero-order valence-electron chi connectivity index (χ0n) is 18.6. The van der Waals surface area contributed by atoms with Crippen LogP contribution in [-0.2, 0) is 11.4 Å². The smallest absolute Gasteiger partial charge is 0.276 e. The molecule has 0 unspecified atom stereocenters. The standard InChI is InChI=1S/C24H18ClFN6O3.ClH/c25-18-11-15(3-4-17(18)24(34)30-35-9-8-33)20-5-6-21-23(28-20)32(31-29-21)13-16-10-14-2-1-7-27-22(14)12-19(16)26;/h1-7,10-12,33H,8-9,13H2,(H,30,34);1H. The van der Waals surface area contributed by atoms with E-state index in [1.165, 1.54) is 10.7 Å². The van der Waals surface area contributed by atoms with E-state index in [1.807, 2.05) is 6.07 Å². The molecule has 36 heavy (non-hydrogen) atoms. The van der Waals surface area contributed by atoms with Crippen molar-refractivity contribution in [2.75, 3.05) is 13.2 Å². The van der Waals surface area contributed by atoms with E-state index in [1.54, 1.807) is 48.7 Å². The number of aromatic nitrogens is 5. The van der Waals surface area contributed by atoms with Crippen LogP contribution in [0.1, 0.15) is 15.9 Å². The summed E-state index contributed by atoms with van der Waals surface area (Å²) in [6.07, 6.45) is 1.62. The van der Waals surface area contributed by atoms with E-state index in [4.69, 9.17) is 21.5 Å². The molecule has 0 bridgehead atoms. The molecular formula is C24H19Cl2FN6O3. The average Bonchev–Trinajstić information content (AvgIpc) is 3.26. The molecule has 184 valence electrons. The van der Waals surface area contributed by atoms with E-state index < -0.39 is 5.91 Å². The Balaban J connectivity index is 0.00000304. The lowest BCUT2D eigenvalue weighted by Crippen LogP contribution is -2.25. The summed E-state index contributed by atoms with van der Waals surface area (Å²) in [5, 5.41) is 18.1. The van der Waals surface area contributed by atoms with Crippen LogP contribution < -0.4 is 5.48 Å². The number of nitrogens with one attached hydrogen (secondary N) is 1. The molecule has 3 heterocycles. The Labute approximate surface area is 215 Å². The Morgan fingerprint density at radius 3 is 2.81 bits per heavy atom. The molecule has 2 N–H and O–H groups in total. The molecule has 0 fully saturated rings. The largest absolute Gasteiger partial charge is 0.394 e. The van der Waals surface area contributed by atoms with E-state index >= 15 is 0 Å². The third-order valence-electron chi connectivity index (χ3n) is 5.32. The summed E-state index contributed by atoms with van der Waals surface area (Å²) >= 11 is 6.32. The number of benzene rings is 2. The first-order valence-electron chi connectivity index (χ1n) is 10.6. The molecule has 0 aliphatic rings. The molecule has 12 heteroatoms. The highest BCUT2D eigenvalue weighted by molar-refractivity contribution is 6.34. The molecule has 0 atom stereocenters. The second-order valence-electron chi connectivity index (χ2n) is 7.62. The van der Waals surface area contributed by atoms with E-state index in [-0.39, 0.29) is 48.6 Å². The summed E-state index contributed by atoms with van der Waals surface area (Å²) in [6, 6.07) is 15.2. The van der Waals surface area contributed by atoms with Crippen molar-refractivity contribution in [1.82, 2.24) is 30.4 Å². The van der Waals surface area contributed by atoms with Gasteiger partial charge in [0.15, 0.2) is 5.65 Å². The summed E-state index contributed by atoms with van der Waals surface area (Å²) in [6.45, 7) is -0.123. The van der Waals surface area contributed by atoms with E-state index in [0.29, 0.717) is 33.5 Å². The van der Waals surface area contributed by atoms with Gasteiger partial charge in [-0.15, -0.1) is 17.5 Å². The van der Waals surface area contributed by atoms with E-state index in [2.05, 4.69) is 25.8 Å². The maximum atomic E-state index is 14.7. The molecular weight excluding hydrogens is 510 g/mol. The fourth-order valence-corrected chi connectivity index (χ4v) is 3.89. The molecule has 0 saturated heterocycles. The van der Waals surface area contributed by atoms with Gasteiger partial charge in [-0.3, -0.25) is 14.6 Å². The molecule has 2 aromatic carbocycles. The van der Waals surface area contributed by atoms with Gasteiger partial charge in [0.25, 0.3) is 5.91 Å². The quantitative estimate of drug-likeness (QED) is 0.242. The zero-order valence-corrected chi connectivity index (χ0v) is 20.1. The summed E-state index contributed by atoms with van der Waals surface area (Å²) in [4.78, 5) is 25.9. The number of carbonyl (C=O) groups excluding carboxylic acids is 1. The maximum Gasteiger partial charge on any atom is 0.276 e. The van der Waals surface area contributed by atoms with Gasteiger partial charge in [-0.05, 0) is 36.4 Å². The number of aliphatic hydroxyl groups excluding tert-OH is 1. The van der Waals surface area contributed by atoms with Crippen molar-refractivity contribution in [3.05, 3.63) is 82.8 Å². The molecule has 5 rings (SSSR count). The number of rotatable bonds is 7. The van der Waals surface area contributed by atoms with Crippen molar-refractivity contribution in [2.24, 2.45) is 0 Å². The number of amides is 1. The number of aliphatic hydroxyl groups is 1. The normalized spacial score (nSPS) is 11.0. The number of pyridine rings is 2. The number of carbonyl (C=O) groups is 1. The number of hydroxylamine groups is 1. The number of hydrogen-bond acceptors (Lipinski definition) is 7. The highest BCUT2D eigenvalue weighted by atomic mass is 35.5. The maximum absolute atomic E-state index is 14.7. The molecule has 9 nitrogen and oxygen atoms in total. The SMILES string of the molecule is Cl.O=C(NOCCO)c1ccc(-c2ccc3nnn(Cc4cc5cccnc5cc4F)c3n2)cc1Cl. The van der Waals surface area contributed by atoms with E-state index in [0.717, 1.165) is 5.39 Å². The third kappa shape index (κ3) is 5.12. The fraction of sp³-hybridized carbons (Fsp3) is 0.125. The minimum atomic E-state index is -0.534. The van der Waals surface area contributed by atoms with Gasteiger partial charge in [-0.2, -0.15) is 0 Å². The number of nitrogens with zero attached hydrogens (tertiary/aromatic N) is 5. The average molecular weight is 529 g/mol. The first-order valence-corrected chi connectivity index (χ1v) is 11.0. The molecule has 0 radical (unpaired) electrons. The number of hydrogen-bond donors (Lipinski definition) is 2. The zero-order chi connectivity index (χ0) is 24.4. The summed E-state index contributed by atoms with van der Waals surface area (Å²) < 4.78 is 16.2. The molecule has 0 aliphatic heterocycles. The Kier molecular flexibility index (Phi) is 7.70. The van der Waals surface area contributed by atoms with Crippen LogP contribution in [0.5, 0.6) is 0 Å². The van der Waals surface area contributed by atoms with Crippen LogP contribution in [0.25, 0.3) is 33.3 Å². The third-order valence-corrected chi connectivity index (χ3v) is 5.63. The summed E-state index contributed by atoms with van der Waals surface area (Å²) in [7, 11) is 0. The van der Waals surface area contributed by atoms with Crippen LogP contribution in [0.2, 0.25) is 5.02 Å². The Bertz CT molecular complexity index is 1560. The van der Waals surface area contributed by atoms with Crippen molar-refractivity contribution >= 4 is 52.0 Å². The fourth-order valence-electron chi connectivity index (χ4n) is 3.62. The van der Waals surface area contributed by atoms with Gasteiger partial charge in [0.05, 0.1) is 41.6 Å². The molecule has 0 spiro atoms. The monoisotopic (exact) mass is 528 g/mol. The first-order chi connectivity index (χ1) is 17.0. The van der Waals surface area contributed by atoms with Crippen LogP contribution in [-0.4, -0.2) is 49.2 Å². The highest BCUT2D eigenvalue weighted by Gasteiger charge is 2.15. The van der Waals surface area contributed by atoms with Crippen LogP contribution >= 0.6 is 24.0 Å². The Morgan fingerprint density at radius 2 is 2.00 bits per heavy atom. The van der Waals surface area contributed by atoms with Crippen LogP contribution in [0, 0.1) is 5.82 Å². The summed E-state index contributed by atoms with van der Waals surface area (Å²) in [5.41, 5.74) is 5.71. The predicted octanol–water partition coefficient (Wildman–Crippen LogP) is 3.96. The molecule has 3 aromatic heterocycles. The van der Waals surface area contributed by atoms with E-state index in [9.17, 15) is 9.18 Å². The molecule has 0 saturated carbocycles. The number of fused-ring (bicyclic) bond motifs is 2. The Morgan fingerprint density at radius 1 is 1.14 bits per heavy atom. The van der Waals surface area contributed by atoms with Gasteiger partial charge in [0.1, 0.15) is 11.3 Å².